The summed E-state index contributed by atoms with van der Waals surface area (Å²) in [6.07, 6.45) is 0.578. The van der Waals surface area contributed by atoms with Crippen molar-refractivity contribution in [1.29, 1.82) is 0 Å². The number of fused-ring (bicyclic) bond motifs is 1. The molecule has 3 aromatic rings. The molecule has 0 radical (unpaired) electrons. The molecule has 0 bridgehead atoms. The lowest BCUT2D eigenvalue weighted by Gasteiger charge is -2.11. The highest BCUT2D eigenvalue weighted by Gasteiger charge is 2.21. The predicted octanol–water partition coefficient (Wildman–Crippen LogP) is 1.33. The van der Waals surface area contributed by atoms with Crippen molar-refractivity contribution >= 4 is 28.7 Å². The standard InChI is InChI=1S/C18H19ClN4O4/c1-4-13-20-16-15(21(13)2)17(25)23(9-11-5-7-12(19)8-6-11)18(26)22(16)10-14(24)27-3/h5-8H,4,9-10H2,1-3H3. The fourth-order valence-electron chi connectivity index (χ4n) is 2.97. The SMILES string of the molecule is CCc1nc2c(c(=O)n(Cc3ccc(Cl)cc3)c(=O)n2CC(=O)OC)n1C. The Bertz CT molecular complexity index is 1130. The summed E-state index contributed by atoms with van der Waals surface area (Å²) < 4.78 is 8.61. The third-order valence-corrected chi connectivity index (χ3v) is 4.67. The van der Waals surface area contributed by atoms with Crippen molar-refractivity contribution in [3.8, 4) is 0 Å². The van der Waals surface area contributed by atoms with Crippen LogP contribution in [0.2, 0.25) is 5.02 Å². The summed E-state index contributed by atoms with van der Waals surface area (Å²) in [7, 11) is 2.96. The first-order valence-electron chi connectivity index (χ1n) is 8.37. The van der Waals surface area contributed by atoms with E-state index < -0.39 is 17.2 Å². The molecule has 0 saturated heterocycles. The number of halogens is 1. The predicted molar refractivity (Wildman–Crippen MR) is 101 cm³/mol. The smallest absolute Gasteiger partial charge is 0.333 e. The van der Waals surface area contributed by atoms with E-state index in [1.165, 1.54) is 11.7 Å². The molecule has 0 saturated carbocycles. The number of hydrogen-bond acceptors (Lipinski definition) is 5. The van der Waals surface area contributed by atoms with Crippen LogP contribution in [0.25, 0.3) is 11.2 Å². The minimum Gasteiger partial charge on any atom is -0.468 e. The molecule has 3 rings (SSSR count). The Balaban J connectivity index is 2.28. The van der Waals surface area contributed by atoms with Gasteiger partial charge in [-0.1, -0.05) is 30.7 Å². The first kappa shape index (κ1) is 18.9. The van der Waals surface area contributed by atoms with Gasteiger partial charge in [0.15, 0.2) is 11.2 Å². The van der Waals surface area contributed by atoms with E-state index >= 15 is 0 Å². The van der Waals surface area contributed by atoms with Crippen LogP contribution in [0.15, 0.2) is 33.9 Å². The summed E-state index contributed by atoms with van der Waals surface area (Å²) >= 11 is 5.90. The van der Waals surface area contributed by atoms with Gasteiger partial charge < -0.3 is 9.30 Å². The van der Waals surface area contributed by atoms with E-state index in [4.69, 9.17) is 11.6 Å². The van der Waals surface area contributed by atoms with E-state index in [1.54, 1.807) is 35.9 Å². The van der Waals surface area contributed by atoms with Crippen molar-refractivity contribution in [3.63, 3.8) is 0 Å². The number of imidazole rings is 1. The highest BCUT2D eigenvalue weighted by molar-refractivity contribution is 6.30. The Morgan fingerprint density at radius 3 is 2.44 bits per heavy atom. The van der Waals surface area contributed by atoms with Gasteiger partial charge >= 0.3 is 11.7 Å². The van der Waals surface area contributed by atoms with Crippen LogP contribution in [0.4, 0.5) is 0 Å². The fourth-order valence-corrected chi connectivity index (χ4v) is 3.10. The number of hydrogen-bond donors (Lipinski definition) is 0. The third kappa shape index (κ3) is 3.40. The van der Waals surface area contributed by atoms with Crippen molar-refractivity contribution in [2.75, 3.05) is 7.11 Å². The zero-order chi connectivity index (χ0) is 19.7. The van der Waals surface area contributed by atoms with Crippen LogP contribution >= 0.6 is 11.6 Å². The Morgan fingerprint density at radius 2 is 1.85 bits per heavy atom. The number of benzene rings is 1. The van der Waals surface area contributed by atoms with Gasteiger partial charge in [0.1, 0.15) is 12.4 Å². The summed E-state index contributed by atoms with van der Waals surface area (Å²) in [5.74, 6) is 0.0446. The fraction of sp³-hybridized carbons (Fsp3) is 0.333. The summed E-state index contributed by atoms with van der Waals surface area (Å²) in [4.78, 5) is 42.2. The maximum atomic E-state index is 13.0. The van der Waals surface area contributed by atoms with Gasteiger partial charge in [0.2, 0.25) is 0 Å². The van der Waals surface area contributed by atoms with Crippen LogP contribution in [0, 0.1) is 0 Å². The molecule has 9 heteroatoms. The van der Waals surface area contributed by atoms with Gasteiger partial charge in [-0.05, 0) is 17.7 Å². The molecule has 0 amide bonds. The van der Waals surface area contributed by atoms with E-state index in [1.807, 2.05) is 6.92 Å². The molecule has 0 fully saturated rings. The quantitative estimate of drug-likeness (QED) is 0.613. The van der Waals surface area contributed by atoms with Gasteiger partial charge in [0.05, 0.1) is 13.7 Å². The van der Waals surface area contributed by atoms with Crippen LogP contribution in [0.3, 0.4) is 0 Å². The number of aromatic nitrogens is 4. The molecule has 0 aliphatic heterocycles. The number of ether oxygens (including phenoxy) is 1. The molecule has 0 N–H and O–H groups in total. The summed E-state index contributed by atoms with van der Waals surface area (Å²) in [6, 6.07) is 6.85. The minimum absolute atomic E-state index is 0.0542. The molecule has 0 aliphatic carbocycles. The molecule has 2 aromatic heterocycles. The van der Waals surface area contributed by atoms with Crippen molar-refractivity contribution in [1.82, 2.24) is 18.7 Å². The molecule has 8 nitrogen and oxygen atoms in total. The Hall–Kier alpha value is -2.87. The van der Waals surface area contributed by atoms with Gasteiger partial charge in [-0.25, -0.2) is 9.78 Å². The third-order valence-electron chi connectivity index (χ3n) is 4.42. The van der Waals surface area contributed by atoms with E-state index in [9.17, 15) is 14.4 Å². The Labute approximate surface area is 159 Å². The lowest BCUT2D eigenvalue weighted by molar-refractivity contribution is -0.141. The van der Waals surface area contributed by atoms with Crippen LogP contribution in [-0.4, -0.2) is 31.8 Å². The molecule has 1 aromatic carbocycles. The van der Waals surface area contributed by atoms with Crippen LogP contribution in [0.1, 0.15) is 18.3 Å². The lowest BCUT2D eigenvalue weighted by atomic mass is 10.2. The van der Waals surface area contributed by atoms with Gasteiger partial charge in [0.25, 0.3) is 5.56 Å². The van der Waals surface area contributed by atoms with Gasteiger partial charge in [-0.15, -0.1) is 0 Å². The van der Waals surface area contributed by atoms with Crippen molar-refractivity contribution in [2.45, 2.75) is 26.4 Å². The Morgan fingerprint density at radius 1 is 1.19 bits per heavy atom. The molecule has 0 aliphatic rings. The van der Waals surface area contributed by atoms with Gasteiger partial charge in [-0.2, -0.15) is 0 Å². The second kappa shape index (κ2) is 7.40. The number of esters is 1. The first-order chi connectivity index (χ1) is 12.9. The summed E-state index contributed by atoms with van der Waals surface area (Å²) in [5.41, 5.74) is 0.112. The number of methoxy groups -OCH3 is 1. The number of nitrogens with zero attached hydrogens (tertiary/aromatic N) is 4. The second-order valence-corrected chi connectivity index (χ2v) is 6.51. The molecular weight excluding hydrogens is 372 g/mol. The first-order valence-corrected chi connectivity index (χ1v) is 8.75. The maximum absolute atomic E-state index is 13.0. The lowest BCUT2D eigenvalue weighted by Crippen LogP contribution is -2.42. The number of carbonyl (C=O) groups is 1. The van der Waals surface area contributed by atoms with E-state index in [2.05, 4.69) is 9.72 Å². The average Bonchev–Trinajstić information content (AvgIpc) is 3.00. The number of aryl methyl sites for hydroxylation is 2. The van der Waals surface area contributed by atoms with Crippen LogP contribution in [0.5, 0.6) is 0 Å². The summed E-state index contributed by atoms with van der Waals surface area (Å²) in [6.45, 7) is 1.63. The second-order valence-electron chi connectivity index (χ2n) is 6.08. The maximum Gasteiger partial charge on any atom is 0.333 e. The van der Waals surface area contributed by atoms with Crippen LogP contribution in [-0.2, 0) is 36.1 Å². The normalized spacial score (nSPS) is 11.1. The van der Waals surface area contributed by atoms with E-state index in [0.717, 1.165) is 10.1 Å². The molecular formula is C18H19ClN4O4. The molecule has 0 atom stereocenters. The Kier molecular flexibility index (Phi) is 5.18. The molecule has 0 unspecified atom stereocenters. The zero-order valence-corrected chi connectivity index (χ0v) is 16.0. The highest BCUT2D eigenvalue weighted by atomic mass is 35.5. The highest BCUT2D eigenvalue weighted by Crippen LogP contribution is 2.13. The molecule has 27 heavy (non-hydrogen) atoms. The van der Waals surface area contributed by atoms with E-state index in [0.29, 0.717) is 17.3 Å². The van der Waals surface area contributed by atoms with Gasteiger partial charge in [0, 0.05) is 18.5 Å². The topological polar surface area (TPSA) is 88.1 Å². The number of carbonyl (C=O) groups excluding carboxylic acids is 1. The van der Waals surface area contributed by atoms with Gasteiger partial charge in [-0.3, -0.25) is 18.7 Å². The molecule has 142 valence electrons. The number of rotatable bonds is 5. The van der Waals surface area contributed by atoms with Crippen molar-refractivity contribution < 1.29 is 9.53 Å². The molecule has 0 spiro atoms. The summed E-state index contributed by atoms with van der Waals surface area (Å²) in [5, 5.41) is 0.559. The average molecular weight is 391 g/mol. The largest absolute Gasteiger partial charge is 0.468 e. The van der Waals surface area contributed by atoms with Crippen LogP contribution < -0.4 is 11.2 Å². The minimum atomic E-state index is -0.617. The monoisotopic (exact) mass is 390 g/mol. The van der Waals surface area contributed by atoms with Crippen molar-refractivity contribution in [2.24, 2.45) is 7.05 Å². The zero-order valence-electron chi connectivity index (χ0n) is 15.2. The molecule has 2 heterocycles. The van der Waals surface area contributed by atoms with Crippen molar-refractivity contribution in [3.05, 3.63) is 61.5 Å². The van der Waals surface area contributed by atoms with E-state index in [-0.39, 0.29) is 24.3 Å².